The summed E-state index contributed by atoms with van der Waals surface area (Å²) in [6.07, 6.45) is 9.50. The molecule has 9 heteroatoms. The summed E-state index contributed by atoms with van der Waals surface area (Å²) in [4.78, 5) is 26.5. The molecule has 2 fully saturated rings. The van der Waals surface area contributed by atoms with Gasteiger partial charge in [0, 0.05) is 37.8 Å². The molecule has 0 spiro atoms. The van der Waals surface area contributed by atoms with E-state index in [0.717, 1.165) is 85.8 Å². The summed E-state index contributed by atoms with van der Waals surface area (Å²) in [6.45, 7) is 12.9. The number of nitrogens with one attached hydrogen (secondary N) is 2. The maximum absolute atomic E-state index is 13.2. The fourth-order valence-corrected chi connectivity index (χ4v) is 5.18. The highest BCUT2D eigenvalue weighted by Crippen LogP contribution is 2.25. The van der Waals surface area contributed by atoms with E-state index in [9.17, 15) is 4.79 Å². The molecule has 2 aromatic heterocycles. The van der Waals surface area contributed by atoms with Gasteiger partial charge in [0.2, 0.25) is 0 Å². The van der Waals surface area contributed by atoms with Crippen molar-refractivity contribution in [1.82, 2.24) is 25.0 Å². The first-order valence-corrected chi connectivity index (χ1v) is 13.7. The number of anilines is 1. The van der Waals surface area contributed by atoms with Crippen LogP contribution in [0, 0.1) is 0 Å². The minimum Gasteiger partial charge on any atom is -0.379 e. The second kappa shape index (κ2) is 12.9. The van der Waals surface area contributed by atoms with E-state index in [4.69, 9.17) is 4.74 Å². The van der Waals surface area contributed by atoms with Crippen molar-refractivity contribution < 1.29 is 9.53 Å². The molecule has 0 radical (unpaired) electrons. The lowest BCUT2D eigenvalue weighted by molar-refractivity contribution is 0.0336. The first kappa shape index (κ1) is 26.9. The standard InChI is InChI=1S/C30H37N7O2/c1-22(16-23(18-31-2)20-36-10-4-3-5-11-36)24-6-9-28-27(17-24)29(35-34-28)30(38)33-25-7-8-26(32-19-25)21-37-12-14-39-15-13-37/h6-9,16-19H,2-5,10-15,20-21H2,1H3,(H,33,38)(H,34,35)/b22-16+,23-18+. The number of pyridine rings is 1. The molecule has 39 heavy (non-hydrogen) atoms. The van der Waals surface area contributed by atoms with Crippen LogP contribution in [0.1, 0.15) is 47.9 Å². The average molecular weight is 528 g/mol. The number of hydrogen-bond donors (Lipinski definition) is 2. The molecular weight excluding hydrogens is 490 g/mol. The van der Waals surface area contributed by atoms with E-state index in [1.54, 1.807) is 6.20 Å². The number of aromatic amines is 1. The molecule has 0 unspecified atom stereocenters. The van der Waals surface area contributed by atoms with Crippen LogP contribution in [0.5, 0.6) is 0 Å². The Balaban J connectivity index is 1.28. The molecule has 2 aliphatic rings. The number of fused-ring (bicyclic) bond motifs is 1. The number of H-pyrrole nitrogens is 1. The number of piperidine rings is 1. The summed E-state index contributed by atoms with van der Waals surface area (Å²) in [5.74, 6) is -0.274. The number of hydrogen-bond acceptors (Lipinski definition) is 7. The second-order valence-electron chi connectivity index (χ2n) is 10.3. The molecule has 9 nitrogen and oxygen atoms in total. The van der Waals surface area contributed by atoms with E-state index < -0.39 is 0 Å². The lowest BCUT2D eigenvalue weighted by Gasteiger charge is -2.26. The van der Waals surface area contributed by atoms with Crippen LogP contribution < -0.4 is 5.32 Å². The van der Waals surface area contributed by atoms with E-state index in [2.05, 4.69) is 55.0 Å². The summed E-state index contributed by atoms with van der Waals surface area (Å²) in [5, 5.41) is 11.0. The maximum atomic E-state index is 13.2. The zero-order chi connectivity index (χ0) is 27.0. The number of nitrogens with zero attached hydrogens (tertiary/aromatic N) is 5. The van der Waals surface area contributed by atoms with E-state index in [1.807, 2.05) is 36.5 Å². The average Bonchev–Trinajstić information content (AvgIpc) is 3.39. The number of morpholine rings is 1. The van der Waals surface area contributed by atoms with Crippen LogP contribution in [-0.2, 0) is 11.3 Å². The summed E-state index contributed by atoms with van der Waals surface area (Å²) >= 11 is 0. The van der Waals surface area contributed by atoms with Crippen LogP contribution in [0.3, 0.4) is 0 Å². The van der Waals surface area contributed by atoms with Crippen molar-refractivity contribution >= 4 is 34.8 Å². The number of rotatable bonds is 9. The number of benzene rings is 1. The van der Waals surface area contributed by atoms with E-state index in [-0.39, 0.29) is 5.91 Å². The van der Waals surface area contributed by atoms with Crippen LogP contribution in [0.4, 0.5) is 5.69 Å². The Morgan fingerprint density at radius 3 is 2.69 bits per heavy atom. The molecule has 4 heterocycles. The minimum atomic E-state index is -0.274. The third kappa shape index (κ3) is 7.06. The molecular formula is C30H37N7O2. The zero-order valence-electron chi connectivity index (χ0n) is 22.7. The van der Waals surface area contributed by atoms with Gasteiger partial charge >= 0.3 is 0 Å². The molecule has 1 aromatic carbocycles. The van der Waals surface area contributed by atoms with Gasteiger partial charge in [-0.3, -0.25) is 29.7 Å². The number of aromatic nitrogens is 3. The molecule has 2 aliphatic heterocycles. The Kier molecular flexibility index (Phi) is 8.93. The molecule has 0 bridgehead atoms. The van der Waals surface area contributed by atoms with Crippen molar-refractivity contribution in [2.45, 2.75) is 32.7 Å². The molecule has 3 aromatic rings. The number of ether oxygens (including phenoxy) is 1. The highest BCUT2D eigenvalue weighted by molar-refractivity contribution is 6.11. The van der Waals surface area contributed by atoms with Crippen LogP contribution in [-0.4, -0.2) is 83.5 Å². The van der Waals surface area contributed by atoms with Gasteiger partial charge in [-0.2, -0.15) is 5.10 Å². The van der Waals surface area contributed by atoms with Gasteiger partial charge in [-0.25, -0.2) is 0 Å². The van der Waals surface area contributed by atoms with Crippen molar-refractivity contribution in [3.8, 4) is 0 Å². The number of likely N-dealkylation sites (tertiary alicyclic amines) is 1. The van der Waals surface area contributed by atoms with E-state index in [0.29, 0.717) is 11.4 Å². The summed E-state index contributed by atoms with van der Waals surface area (Å²) in [6, 6.07) is 9.87. The topological polar surface area (TPSA) is 98.7 Å². The number of allylic oxidation sites excluding steroid dienone is 1. The van der Waals surface area contributed by atoms with Gasteiger partial charge in [-0.1, -0.05) is 18.6 Å². The predicted molar refractivity (Wildman–Crippen MR) is 156 cm³/mol. The van der Waals surface area contributed by atoms with Gasteiger partial charge < -0.3 is 10.1 Å². The highest BCUT2D eigenvalue weighted by Gasteiger charge is 2.17. The summed E-state index contributed by atoms with van der Waals surface area (Å²) in [5.41, 5.74) is 6.02. The van der Waals surface area contributed by atoms with E-state index >= 15 is 0 Å². The van der Waals surface area contributed by atoms with Gasteiger partial charge in [-0.15, -0.1) is 0 Å². The highest BCUT2D eigenvalue weighted by atomic mass is 16.5. The number of carbonyl (C=O) groups is 1. The van der Waals surface area contributed by atoms with Crippen LogP contribution in [0.15, 0.2) is 59.4 Å². The Morgan fingerprint density at radius 2 is 1.95 bits per heavy atom. The SMILES string of the molecule is C=N/C=C(\C=C(/C)c1ccc2[nH]nc(C(=O)Nc3ccc(CN4CCOCC4)nc3)c2c1)CN1CCCCC1. The Labute approximate surface area is 229 Å². The quantitative estimate of drug-likeness (QED) is 0.314. The molecule has 1 amide bonds. The van der Waals surface area contributed by atoms with Crippen LogP contribution >= 0.6 is 0 Å². The number of aliphatic imine (C=N–C) groups is 1. The maximum Gasteiger partial charge on any atom is 0.276 e. The monoisotopic (exact) mass is 527 g/mol. The van der Waals surface area contributed by atoms with Gasteiger partial charge in [-0.05, 0) is 80.5 Å². The fourth-order valence-electron chi connectivity index (χ4n) is 5.18. The zero-order valence-corrected chi connectivity index (χ0v) is 22.7. The van der Waals surface area contributed by atoms with Crippen molar-refractivity contribution in [2.75, 3.05) is 51.3 Å². The molecule has 5 rings (SSSR count). The van der Waals surface area contributed by atoms with Gasteiger partial charge in [0.05, 0.1) is 36.3 Å². The van der Waals surface area contributed by atoms with E-state index in [1.165, 1.54) is 19.3 Å². The fraction of sp³-hybridized carbons (Fsp3) is 0.400. The Morgan fingerprint density at radius 1 is 1.13 bits per heavy atom. The molecule has 0 atom stereocenters. The molecule has 0 saturated carbocycles. The van der Waals surface area contributed by atoms with Crippen molar-refractivity contribution in [1.29, 1.82) is 0 Å². The first-order valence-electron chi connectivity index (χ1n) is 13.7. The lowest BCUT2D eigenvalue weighted by atomic mass is 10.0. The molecule has 2 N–H and O–H groups in total. The number of amides is 1. The Hall–Kier alpha value is -3.66. The van der Waals surface area contributed by atoms with Crippen molar-refractivity contribution in [3.05, 3.63) is 71.3 Å². The normalized spacial score (nSPS) is 17.9. The smallest absolute Gasteiger partial charge is 0.276 e. The lowest BCUT2D eigenvalue weighted by Crippen LogP contribution is -2.35. The molecule has 204 valence electrons. The predicted octanol–water partition coefficient (Wildman–Crippen LogP) is 4.52. The summed E-state index contributed by atoms with van der Waals surface area (Å²) < 4.78 is 5.41. The van der Waals surface area contributed by atoms with Gasteiger partial charge in [0.25, 0.3) is 5.91 Å². The third-order valence-corrected chi connectivity index (χ3v) is 7.32. The number of carbonyl (C=O) groups excluding carboxylic acids is 1. The second-order valence-corrected chi connectivity index (χ2v) is 10.3. The molecule has 2 saturated heterocycles. The summed E-state index contributed by atoms with van der Waals surface area (Å²) in [7, 11) is 0. The minimum absolute atomic E-state index is 0.274. The Bertz CT molecular complexity index is 1350. The van der Waals surface area contributed by atoms with Crippen LogP contribution in [0.25, 0.3) is 16.5 Å². The van der Waals surface area contributed by atoms with Crippen LogP contribution in [0.2, 0.25) is 0 Å². The van der Waals surface area contributed by atoms with Crippen molar-refractivity contribution in [2.24, 2.45) is 4.99 Å². The molecule has 0 aliphatic carbocycles. The largest absolute Gasteiger partial charge is 0.379 e. The van der Waals surface area contributed by atoms with Gasteiger partial charge in [0.15, 0.2) is 5.69 Å². The van der Waals surface area contributed by atoms with Crippen molar-refractivity contribution in [3.63, 3.8) is 0 Å². The first-order chi connectivity index (χ1) is 19.1. The third-order valence-electron chi connectivity index (χ3n) is 7.32. The van der Waals surface area contributed by atoms with Gasteiger partial charge in [0.1, 0.15) is 0 Å².